The number of hydrogen-bond donors (Lipinski definition) is 1. The zero-order chi connectivity index (χ0) is 20.1. The number of nitrogens with zero attached hydrogens (tertiary/aromatic N) is 2. The Morgan fingerprint density at radius 2 is 1.93 bits per heavy atom. The van der Waals surface area contributed by atoms with Gasteiger partial charge in [0.25, 0.3) is 0 Å². The van der Waals surface area contributed by atoms with Crippen LogP contribution in [-0.4, -0.2) is 37.2 Å². The Morgan fingerprint density at radius 3 is 2.72 bits per heavy atom. The van der Waals surface area contributed by atoms with Crippen LogP contribution in [0.25, 0.3) is 11.3 Å². The molecular formula is C23H25N3O3. The van der Waals surface area contributed by atoms with Crippen LogP contribution in [0.1, 0.15) is 17.9 Å². The van der Waals surface area contributed by atoms with Gasteiger partial charge in [-0.15, -0.1) is 0 Å². The van der Waals surface area contributed by atoms with Gasteiger partial charge in [-0.2, -0.15) is 0 Å². The maximum atomic E-state index is 12.4. The van der Waals surface area contributed by atoms with Gasteiger partial charge in [0, 0.05) is 42.9 Å². The van der Waals surface area contributed by atoms with Crippen LogP contribution in [-0.2, 0) is 16.0 Å². The predicted octanol–water partition coefficient (Wildman–Crippen LogP) is 4.06. The van der Waals surface area contributed by atoms with Gasteiger partial charge in [0.1, 0.15) is 0 Å². The molecule has 0 unspecified atom stereocenters. The number of ether oxygens (including phenoxy) is 1. The van der Waals surface area contributed by atoms with Crippen molar-refractivity contribution in [1.82, 2.24) is 4.98 Å². The number of carbonyl (C=O) groups excluding carboxylic acids is 1. The van der Waals surface area contributed by atoms with Crippen molar-refractivity contribution in [3.8, 4) is 11.3 Å². The van der Waals surface area contributed by atoms with E-state index in [4.69, 9.17) is 9.15 Å². The van der Waals surface area contributed by atoms with E-state index < -0.39 is 0 Å². The van der Waals surface area contributed by atoms with Crippen LogP contribution in [0.2, 0.25) is 0 Å². The summed E-state index contributed by atoms with van der Waals surface area (Å²) in [6.07, 6.45) is 2.49. The molecule has 0 bridgehead atoms. The molecule has 1 N–H and O–H groups in total. The molecule has 6 nitrogen and oxygen atoms in total. The molecule has 4 rings (SSSR count). The summed E-state index contributed by atoms with van der Waals surface area (Å²) in [4.78, 5) is 18.9. The summed E-state index contributed by atoms with van der Waals surface area (Å²) in [5.74, 6) is 1.23. The Hall–Kier alpha value is -3.12. The molecule has 0 radical (unpaired) electrons. The van der Waals surface area contributed by atoms with Crippen LogP contribution >= 0.6 is 0 Å². The number of aryl methyl sites for hydroxylation is 2. The second-order valence-electron chi connectivity index (χ2n) is 7.18. The van der Waals surface area contributed by atoms with E-state index in [0.29, 0.717) is 18.7 Å². The minimum atomic E-state index is -0.0563. The highest BCUT2D eigenvalue weighted by Crippen LogP contribution is 2.22. The quantitative estimate of drug-likeness (QED) is 0.686. The largest absolute Gasteiger partial charge is 0.441 e. The number of nitrogens with one attached hydrogen (secondary N) is 1. The molecule has 2 aromatic carbocycles. The smallest absolute Gasteiger partial charge is 0.224 e. The molecule has 1 fully saturated rings. The second kappa shape index (κ2) is 8.92. The zero-order valence-corrected chi connectivity index (χ0v) is 16.6. The first-order chi connectivity index (χ1) is 14.2. The van der Waals surface area contributed by atoms with Crippen LogP contribution in [0.15, 0.2) is 59.1 Å². The molecule has 3 aromatic rings. The van der Waals surface area contributed by atoms with E-state index in [2.05, 4.69) is 21.3 Å². The number of hydrogen-bond acceptors (Lipinski definition) is 5. The molecule has 0 aliphatic carbocycles. The van der Waals surface area contributed by atoms with Gasteiger partial charge in [-0.05, 0) is 25.1 Å². The van der Waals surface area contributed by atoms with E-state index in [-0.39, 0.29) is 5.91 Å². The highest BCUT2D eigenvalue weighted by atomic mass is 16.5. The summed E-state index contributed by atoms with van der Waals surface area (Å²) in [7, 11) is 0. The molecule has 0 atom stereocenters. The minimum absolute atomic E-state index is 0.0563. The lowest BCUT2D eigenvalue weighted by molar-refractivity contribution is -0.116. The van der Waals surface area contributed by atoms with Gasteiger partial charge in [-0.1, -0.05) is 35.9 Å². The summed E-state index contributed by atoms with van der Waals surface area (Å²) in [5.41, 5.74) is 4.08. The third kappa shape index (κ3) is 5.03. The Bertz CT molecular complexity index is 960. The fraction of sp³-hybridized carbons (Fsp3) is 0.304. The highest BCUT2D eigenvalue weighted by Gasteiger charge is 2.13. The van der Waals surface area contributed by atoms with E-state index in [0.717, 1.165) is 49.0 Å². The van der Waals surface area contributed by atoms with E-state index >= 15 is 0 Å². The summed E-state index contributed by atoms with van der Waals surface area (Å²) < 4.78 is 11.2. The molecular weight excluding hydrogens is 366 g/mol. The maximum Gasteiger partial charge on any atom is 0.224 e. The molecule has 6 heteroatoms. The van der Waals surface area contributed by atoms with E-state index in [1.54, 1.807) is 6.20 Å². The maximum absolute atomic E-state index is 12.4. The van der Waals surface area contributed by atoms with Gasteiger partial charge in [-0.3, -0.25) is 4.79 Å². The average molecular weight is 391 g/mol. The lowest BCUT2D eigenvalue weighted by Crippen LogP contribution is -2.36. The van der Waals surface area contributed by atoms with Crippen molar-refractivity contribution >= 4 is 17.3 Å². The summed E-state index contributed by atoms with van der Waals surface area (Å²) >= 11 is 0. The fourth-order valence-corrected chi connectivity index (χ4v) is 3.32. The van der Waals surface area contributed by atoms with Crippen LogP contribution in [0, 0.1) is 6.92 Å². The molecule has 0 spiro atoms. The lowest BCUT2D eigenvalue weighted by atomic mass is 10.1. The third-order valence-corrected chi connectivity index (χ3v) is 4.96. The molecule has 2 heterocycles. The summed E-state index contributed by atoms with van der Waals surface area (Å²) in [6.45, 7) is 5.25. The number of amides is 1. The molecule has 150 valence electrons. The number of carbonyl (C=O) groups is 1. The number of anilines is 2. The van der Waals surface area contributed by atoms with Crippen LogP contribution in [0.4, 0.5) is 11.4 Å². The fourth-order valence-electron chi connectivity index (χ4n) is 3.32. The number of oxazole rings is 1. The standard InChI is InChI=1S/C23H25N3O3/c1-17-5-7-18(8-6-17)21-16-24-23(29-21)10-9-22(27)25-19-3-2-4-20(15-19)26-11-13-28-14-12-26/h2-8,15-16H,9-14H2,1H3,(H,25,27). The van der Waals surface area contributed by atoms with Gasteiger partial charge in [-0.25, -0.2) is 4.98 Å². The summed E-state index contributed by atoms with van der Waals surface area (Å²) in [6, 6.07) is 16.0. The molecule has 1 aliphatic heterocycles. The zero-order valence-electron chi connectivity index (χ0n) is 16.6. The molecule has 1 saturated heterocycles. The molecule has 0 saturated carbocycles. The third-order valence-electron chi connectivity index (χ3n) is 4.96. The van der Waals surface area contributed by atoms with Crippen molar-refractivity contribution in [3.05, 3.63) is 66.2 Å². The average Bonchev–Trinajstić information content (AvgIpc) is 3.23. The summed E-state index contributed by atoms with van der Waals surface area (Å²) in [5, 5.41) is 2.97. The number of rotatable bonds is 6. The Morgan fingerprint density at radius 1 is 1.14 bits per heavy atom. The van der Waals surface area contributed by atoms with Crippen molar-refractivity contribution in [3.63, 3.8) is 0 Å². The van der Waals surface area contributed by atoms with Crippen molar-refractivity contribution in [2.75, 3.05) is 36.5 Å². The van der Waals surface area contributed by atoms with Crippen LogP contribution < -0.4 is 10.2 Å². The Labute approximate surface area is 170 Å². The van der Waals surface area contributed by atoms with Crippen molar-refractivity contribution in [2.45, 2.75) is 19.8 Å². The lowest BCUT2D eigenvalue weighted by Gasteiger charge is -2.29. The first-order valence-corrected chi connectivity index (χ1v) is 9.92. The van der Waals surface area contributed by atoms with E-state index in [1.807, 2.05) is 49.4 Å². The second-order valence-corrected chi connectivity index (χ2v) is 7.18. The minimum Gasteiger partial charge on any atom is -0.441 e. The first-order valence-electron chi connectivity index (χ1n) is 9.92. The van der Waals surface area contributed by atoms with Gasteiger partial charge >= 0.3 is 0 Å². The molecule has 29 heavy (non-hydrogen) atoms. The van der Waals surface area contributed by atoms with Gasteiger partial charge in [0.2, 0.25) is 5.91 Å². The monoisotopic (exact) mass is 391 g/mol. The van der Waals surface area contributed by atoms with Crippen LogP contribution in [0.3, 0.4) is 0 Å². The predicted molar refractivity (Wildman–Crippen MR) is 113 cm³/mol. The van der Waals surface area contributed by atoms with Crippen molar-refractivity contribution in [2.24, 2.45) is 0 Å². The van der Waals surface area contributed by atoms with Crippen molar-refractivity contribution < 1.29 is 13.9 Å². The Balaban J connectivity index is 1.32. The first kappa shape index (κ1) is 19.2. The van der Waals surface area contributed by atoms with Gasteiger partial charge in [0.15, 0.2) is 11.7 Å². The van der Waals surface area contributed by atoms with Crippen LogP contribution in [0.5, 0.6) is 0 Å². The normalized spacial score (nSPS) is 14.0. The van der Waals surface area contributed by atoms with E-state index in [9.17, 15) is 4.79 Å². The van der Waals surface area contributed by atoms with Gasteiger partial charge < -0.3 is 19.4 Å². The SMILES string of the molecule is Cc1ccc(-c2cnc(CCC(=O)Nc3cccc(N4CCOCC4)c3)o2)cc1. The van der Waals surface area contributed by atoms with Crippen molar-refractivity contribution in [1.29, 1.82) is 0 Å². The number of aromatic nitrogens is 1. The Kier molecular flexibility index (Phi) is 5.91. The van der Waals surface area contributed by atoms with Gasteiger partial charge in [0.05, 0.1) is 19.4 Å². The van der Waals surface area contributed by atoms with E-state index in [1.165, 1.54) is 5.56 Å². The highest BCUT2D eigenvalue weighted by molar-refractivity contribution is 5.91. The number of morpholine rings is 1. The molecule has 1 amide bonds. The topological polar surface area (TPSA) is 67.6 Å². The number of benzene rings is 2. The molecule has 1 aliphatic rings. The molecule has 1 aromatic heterocycles.